The molecule has 1 N–H and O–H groups in total. The molecular formula is C11H14FNO. The third-order valence-electron chi connectivity index (χ3n) is 2.02. The summed E-state index contributed by atoms with van der Waals surface area (Å²) >= 11 is 0. The SMILES string of the molecule is CCNCC(=O)c1ccc(F)cc1C. The molecule has 0 radical (unpaired) electrons. The molecule has 0 fully saturated rings. The summed E-state index contributed by atoms with van der Waals surface area (Å²) < 4.78 is 12.7. The fourth-order valence-electron chi connectivity index (χ4n) is 1.27. The van der Waals surface area contributed by atoms with Gasteiger partial charge in [-0.2, -0.15) is 0 Å². The van der Waals surface area contributed by atoms with Crippen LogP contribution in [0.4, 0.5) is 4.39 Å². The Bertz CT molecular complexity index is 336. The van der Waals surface area contributed by atoms with Crippen molar-refractivity contribution in [3.8, 4) is 0 Å². The Labute approximate surface area is 83.1 Å². The number of nitrogens with one attached hydrogen (secondary N) is 1. The first kappa shape index (κ1) is 10.9. The van der Waals surface area contributed by atoms with Crippen molar-refractivity contribution in [2.75, 3.05) is 13.1 Å². The second-order valence-corrected chi connectivity index (χ2v) is 3.16. The van der Waals surface area contributed by atoms with E-state index in [2.05, 4.69) is 5.32 Å². The minimum absolute atomic E-state index is 0.00403. The van der Waals surface area contributed by atoms with E-state index in [1.165, 1.54) is 18.2 Å². The first-order valence-corrected chi connectivity index (χ1v) is 4.65. The molecule has 1 aromatic rings. The van der Waals surface area contributed by atoms with Gasteiger partial charge in [-0.05, 0) is 37.2 Å². The Morgan fingerprint density at radius 2 is 2.21 bits per heavy atom. The van der Waals surface area contributed by atoms with Crippen LogP contribution in [0.25, 0.3) is 0 Å². The van der Waals surface area contributed by atoms with Gasteiger partial charge in [-0.3, -0.25) is 4.79 Å². The minimum atomic E-state index is -0.303. The van der Waals surface area contributed by atoms with Crippen molar-refractivity contribution < 1.29 is 9.18 Å². The highest BCUT2D eigenvalue weighted by Crippen LogP contribution is 2.10. The molecule has 0 saturated heterocycles. The predicted molar refractivity (Wildman–Crippen MR) is 54.0 cm³/mol. The molecule has 2 nitrogen and oxygen atoms in total. The first-order valence-electron chi connectivity index (χ1n) is 4.65. The van der Waals surface area contributed by atoms with E-state index in [-0.39, 0.29) is 11.6 Å². The van der Waals surface area contributed by atoms with Crippen molar-refractivity contribution >= 4 is 5.78 Å². The van der Waals surface area contributed by atoms with Gasteiger partial charge in [-0.25, -0.2) is 4.39 Å². The Hall–Kier alpha value is -1.22. The topological polar surface area (TPSA) is 29.1 Å². The van der Waals surface area contributed by atoms with Crippen LogP contribution in [0.2, 0.25) is 0 Å². The van der Waals surface area contributed by atoms with Crippen molar-refractivity contribution in [1.29, 1.82) is 0 Å². The van der Waals surface area contributed by atoms with Gasteiger partial charge in [0.25, 0.3) is 0 Å². The summed E-state index contributed by atoms with van der Waals surface area (Å²) in [7, 11) is 0. The van der Waals surface area contributed by atoms with Gasteiger partial charge in [-0.1, -0.05) is 6.92 Å². The van der Waals surface area contributed by atoms with Gasteiger partial charge in [0, 0.05) is 5.56 Å². The average Bonchev–Trinajstić information content (AvgIpc) is 2.14. The van der Waals surface area contributed by atoms with Gasteiger partial charge in [0.15, 0.2) is 5.78 Å². The van der Waals surface area contributed by atoms with Crippen LogP contribution in [0.5, 0.6) is 0 Å². The molecule has 0 saturated carbocycles. The highest BCUT2D eigenvalue weighted by Gasteiger charge is 2.08. The number of Topliss-reactive ketones (excluding diaryl/α,β-unsaturated/α-hetero) is 1. The van der Waals surface area contributed by atoms with Gasteiger partial charge in [-0.15, -0.1) is 0 Å². The number of hydrogen-bond acceptors (Lipinski definition) is 2. The monoisotopic (exact) mass is 195 g/mol. The fraction of sp³-hybridized carbons (Fsp3) is 0.364. The zero-order chi connectivity index (χ0) is 10.6. The van der Waals surface area contributed by atoms with Gasteiger partial charge in [0.2, 0.25) is 0 Å². The lowest BCUT2D eigenvalue weighted by Crippen LogP contribution is -2.23. The Morgan fingerprint density at radius 3 is 2.79 bits per heavy atom. The second kappa shape index (κ2) is 4.86. The molecule has 3 heteroatoms. The Balaban J connectivity index is 2.80. The molecule has 0 heterocycles. The molecule has 0 atom stereocenters. The highest BCUT2D eigenvalue weighted by atomic mass is 19.1. The molecule has 0 aliphatic carbocycles. The maximum absolute atomic E-state index is 12.7. The fourth-order valence-corrected chi connectivity index (χ4v) is 1.27. The van der Waals surface area contributed by atoms with E-state index in [0.717, 1.165) is 6.54 Å². The number of likely N-dealkylation sites (N-methyl/N-ethyl adjacent to an activating group) is 1. The lowest BCUT2D eigenvalue weighted by atomic mass is 10.0. The van der Waals surface area contributed by atoms with E-state index in [4.69, 9.17) is 0 Å². The molecule has 1 rings (SSSR count). The molecule has 0 aliphatic heterocycles. The number of carbonyl (C=O) groups is 1. The Morgan fingerprint density at radius 1 is 1.50 bits per heavy atom. The molecule has 1 aromatic carbocycles. The summed E-state index contributed by atoms with van der Waals surface area (Å²) in [4.78, 5) is 11.6. The van der Waals surface area contributed by atoms with Gasteiger partial charge in [0.05, 0.1) is 6.54 Å². The summed E-state index contributed by atoms with van der Waals surface area (Å²) in [5, 5.41) is 2.95. The normalized spacial score (nSPS) is 10.2. The van der Waals surface area contributed by atoms with E-state index < -0.39 is 0 Å². The number of rotatable bonds is 4. The standard InChI is InChI=1S/C11H14FNO/c1-3-13-7-11(14)10-5-4-9(12)6-8(10)2/h4-6,13H,3,7H2,1-2H3. The van der Waals surface area contributed by atoms with E-state index in [1.807, 2.05) is 6.92 Å². The molecule has 14 heavy (non-hydrogen) atoms. The van der Waals surface area contributed by atoms with Crippen molar-refractivity contribution in [3.63, 3.8) is 0 Å². The van der Waals surface area contributed by atoms with Crippen LogP contribution in [0, 0.1) is 12.7 Å². The minimum Gasteiger partial charge on any atom is -0.310 e. The number of aryl methyl sites for hydroxylation is 1. The van der Waals surface area contributed by atoms with Crippen LogP contribution in [0.3, 0.4) is 0 Å². The van der Waals surface area contributed by atoms with Crippen molar-refractivity contribution in [1.82, 2.24) is 5.32 Å². The summed E-state index contributed by atoms with van der Waals surface area (Å²) in [5.41, 5.74) is 1.28. The number of benzene rings is 1. The predicted octanol–water partition coefficient (Wildman–Crippen LogP) is 1.93. The van der Waals surface area contributed by atoms with Crippen molar-refractivity contribution in [2.45, 2.75) is 13.8 Å². The smallest absolute Gasteiger partial charge is 0.176 e. The molecule has 0 aliphatic rings. The number of halogens is 1. The quantitative estimate of drug-likeness (QED) is 0.744. The van der Waals surface area contributed by atoms with E-state index in [0.29, 0.717) is 17.7 Å². The van der Waals surface area contributed by atoms with Crippen LogP contribution in [0.1, 0.15) is 22.8 Å². The number of carbonyl (C=O) groups excluding carboxylic acids is 1. The van der Waals surface area contributed by atoms with Crippen LogP contribution in [-0.4, -0.2) is 18.9 Å². The van der Waals surface area contributed by atoms with Crippen LogP contribution in [-0.2, 0) is 0 Å². The van der Waals surface area contributed by atoms with E-state index in [9.17, 15) is 9.18 Å². The van der Waals surface area contributed by atoms with E-state index in [1.54, 1.807) is 6.92 Å². The molecule has 0 aromatic heterocycles. The van der Waals surface area contributed by atoms with Crippen LogP contribution < -0.4 is 5.32 Å². The number of ketones is 1. The summed E-state index contributed by atoms with van der Waals surface area (Å²) in [6.07, 6.45) is 0. The largest absolute Gasteiger partial charge is 0.310 e. The summed E-state index contributed by atoms with van der Waals surface area (Å²) in [6, 6.07) is 4.22. The van der Waals surface area contributed by atoms with Crippen molar-refractivity contribution in [2.24, 2.45) is 0 Å². The lowest BCUT2D eigenvalue weighted by Gasteiger charge is -2.04. The van der Waals surface area contributed by atoms with Gasteiger partial charge < -0.3 is 5.32 Å². The molecule has 0 unspecified atom stereocenters. The Kier molecular flexibility index (Phi) is 3.77. The van der Waals surface area contributed by atoms with Gasteiger partial charge in [0.1, 0.15) is 5.82 Å². The van der Waals surface area contributed by atoms with Crippen LogP contribution >= 0.6 is 0 Å². The summed E-state index contributed by atoms with van der Waals surface area (Å²) in [5.74, 6) is -0.299. The van der Waals surface area contributed by atoms with Crippen LogP contribution in [0.15, 0.2) is 18.2 Å². The highest BCUT2D eigenvalue weighted by molar-refractivity contribution is 5.98. The molecule has 0 amide bonds. The third-order valence-corrected chi connectivity index (χ3v) is 2.02. The third kappa shape index (κ3) is 2.64. The summed E-state index contributed by atoms with van der Waals surface area (Å²) in [6.45, 7) is 4.74. The molecule has 0 spiro atoms. The molecular weight excluding hydrogens is 181 g/mol. The molecule has 0 bridgehead atoms. The van der Waals surface area contributed by atoms with Gasteiger partial charge >= 0.3 is 0 Å². The maximum atomic E-state index is 12.7. The van der Waals surface area contributed by atoms with Crippen molar-refractivity contribution in [3.05, 3.63) is 35.1 Å². The second-order valence-electron chi connectivity index (χ2n) is 3.16. The first-order chi connectivity index (χ1) is 6.65. The lowest BCUT2D eigenvalue weighted by molar-refractivity contribution is 0.0991. The zero-order valence-corrected chi connectivity index (χ0v) is 8.43. The molecule has 76 valence electrons. The van der Waals surface area contributed by atoms with E-state index >= 15 is 0 Å². The number of hydrogen-bond donors (Lipinski definition) is 1. The average molecular weight is 195 g/mol. The maximum Gasteiger partial charge on any atom is 0.176 e. The zero-order valence-electron chi connectivity index (χ0n) is 8.43.